The molecule has 0 aromatic heterocycles. The van der Waals surface area contributed by atoms with Gasteiger partial charge in [-0.15, -0.1) is 0 Å². The van der Waals surface area contributed by atoms with Crippen molar-refractivity contribution in [1.29, 1.82) is 0 Å². The Balaban J connectivity index is 2.28. The minimum atomic E-state index is 0.204. The predicted octanol–water partition coefficient (Wildman–Crippen LogP) is 2.59. The molecule has 1 N–H and O–H groups in total. The lowest BCUT2D eigenvalue weighted by atomic mass is 9.86. The second-order valence-electron chi connectivity index (χ2n) is 6.43. The highest BCUT2D eigenvalue weighted by molar-refractivity contribution is 5.89. The van der Waals surface area contributed by atoms with Gasteiger partial charge in [0.15, 0.2) is 0 Å². The van der Waals surface area contributed by atoms with E-state index in [2.05, 4.69) is 74.3 Å². The topological polar surface area (TPSA) is 27.6 Å². The second-order valence-corrected chi connectivity index (χ2v) is 6.43. The number of amidine groups is 1. The molecule has 0 bridgehead atoms. The number of nitrogens with one attached hydrogen (secondary N) is 1. The number of nitrogens with zero attached hydrogens (tertiary/aromatic N) is 2. The molecule has 1 atom stereocenters. The molecule has 1 unspecified atom stereocenters. The van der Waals surface area contributed by atoms with E-state index < -0.39 is 0 Å². The van der Waals surface area contributed by atoms with Gasteiger partial charge in [-0.3, -0.25) is 9.89 Å². The van der Waals surface area contributed by atoms with E-state index in [-0.39, 0.29) is 11.5 Å². The van der Waals surface area contributed by atoms with Crippen molar-refractivity contribution >= 4 is 5.84 Å². The van der Waals surface area contributed by atoms with Crippen molar-refractivity contribution in [2.45, 2.75) is 32.2 Å². The van der Waals surface area contributed by atoms with Crippen LogP contribution in [-0.4, -0.2) is 37.9 Å². The fraction of sp³-hybridized carbons (Fsp3) is 0.562. The van der Waals surface area contributed by atoms with Crippen molar-refractivity contribution in [3.63, 3.8) is 0 Å². The van der Waals surface area contributed by atoms with Crippen LogP contribution in [0.5, 0.6) is 0 Å². The van der Waals surface area contributed by atoms with Crippen LogP contribution in [0.25, 0.3) is 0 Å². The van der Waals surface area contributed by atoms with Crippen LogP contribution in [0.4, 0.5) is 0 Å². The molecule has 0 saturated heterocycles. The Kier molecular flexibility index (Phi) is 3.95. The number of benzene rings is 1. The fourth-order valence-electron chi connectivity index (χ4n) is 2.47. The molecule has 19 heavy (non-hydrogen) atoms. The summed E-state index contributed by atoms with van der Waals surface area (Å²) in [5.74, 6) is 1.09. The molecule has 1 aliphatic rings. The average Bonchev–Trinajstić information content (AvgIpc) is 2.82. The van der Waals surface area contributed by atoms with Crippen LogP contribution in [0.15, 0.2) is 29.3 Å². The molecular weight excluding hydrogens is 234 g/mol. The first-order chi connectivity index (χ1) is 8.89. The Bertz CT molecular complexity index is 452. The standard InChI is InChI=1S/C16H25N3/c1-16(2,3)13-8-6-12(7-9-13)14(19(4)5)15-17-10-11-18-15/h6-9,14H,10-11H2,1-5H3,(H,17,18). The zero-order valence-corrected chi connectivity index (χ0v) is 12.7. The fourth-order valence-corrected chi connectivity index (χ4v) is 2.47. The highest BCUT2D eigenvalue weighted by atomic mass is 15.2. The Labute approximate surface area is 116 Å². The molecule has 104 valence electrons. The van der Waals surface area contributed by atoms with Crippen molar-refractivity contribution in [1.82, 2.24) is 10.2 Å². The van der Waals surface area contributed by atoms with Crippen molar-refractivity contribution in [3.05, 3.63) is 35.4 Å². The summed E-state index contributed by atoms with van der Waals surface area (Å²) in [6.45, 7) is 8.58. The molecule has 1 heterocycles. The molecule has 1 aromatic rings. The minimum absolute atomic E-state index is 0.204. The monoisotopic (exact) mass is 259 g/mol. The summed E-state index contributed by atoms with van der Waals surface area (Å²) in [4.78, 5) is 6.78. The second kappa shape index (κ2) is 5.33. The maximum absolute atomic E-state index is 4.57. The molecule has 1 aromatic carbocycles. The first-order valence-corrected chi connectivity index (χ1v) is 6.94. The molecule has 0 saturated carbocycles. The first-order valence-electron chi connectivity index (χ1n) is 6.94. The van der Waals surface area contributed by atoms with Crippen molar-refractivity contribution in [2.75, 3.05) is 27.2 Å². The van der Waals surface area contributed by atoms with E-state index in [1.54, 1.807) is 0 Å². The lowest BCUT2D eigenvalue weighted by Crippen LogP contribution is -2.34. The summed E-state index contributed by atoms with van der Waals surface area (Å²) in [5.41, 5.74) is 2.87. The van der Waals surface area contributed by atoms with Crippen molar-refractivity contribution < 1.29 is 0 Å². The Hall–Kier alpha value is -1.35. The number of hydrogen-bond donors (Lipinski definition) is 1. The van der Waals surface area contributed by atoms with E-state index in [1.807, 2.05) is 0 Å². The van der Waals surface area contributed by atoms with E-state index >= 15 is 0 Å². The van der Waals surface area contributed by atoms with Gasteiger partial charge < -0.3 is 5.32 Å². The third kappa shape index (κ3) is 3.16. The highest BCUT2D eigenvalue weighted by Gasteiger charge is 2.23. The molecule has 0 radical (unpaired) electrons. The van der Waals surface area contributed by atoms with E-state index in [9.17, 15) is 0 Å². The molecule has 0 aliphatic carbocycles. The van der Waals surface area contributed by atoms with Gasteiger partial charge in [0, 0.05) is 6.54 Å². The Morgan fingerprint density at radius 2 is 1.79 bits per heavy atom. The molecule has 3 nitrogen and oxygen atoms in total. The number of likely N-dealkylation sites (N-methyl/N-ethyl adjacent to an activating group) is 1. The highest BCUT2D eigenvalue weighted by Crippen LogP contribution is 2.26. The molecular formula is C16H25N3. The van der Waals surface area contributed by atoms with Gasteiger partial charge in [-0.2, -0.15) is 0 Å². The molecule has 1 aliphatic heterocycles. The first kappa shape index (κ1) is 14.1. The van der Waals surface area contributed by atoms with Crippen LogP contribution in [0.3, 0.4) is 0 Å². The summed E-state index contributed by atoms with van der Waals surface area (Å²) in [6, 6.07) is 9.17. The SMILES string of the molecule is CN(C)C(C1=NCCN1)c1ccc(C(C)(C)C)cc1. The predicted molar refractivity (Wildman–Crippen MR) is 81.9 cm³/mol. The van der Waals surface area contributed by atoms with Crippen LogP contribution in [-0.2, 0) is 5.41 Å². The van der Waals surface area contributed by atoms with Gasteiger partial charge in [-0.05, 0) is 30.6 Å². The van der Waals surface area contributed by atoms with Crippen LogP contribution in [0.2, 0.25) is 0 Å². The van der Waals surface area contributed by atoms with E-state index in [0.29, 0.717) is 0 Å². The number of rotatable bonds is 3. The maximum atomic E-state index is 4.57. The number of aliphatic imine (C=N–C) groups is 1. The normalized spacial score (nSPS) is 17.3. The van der Waals surface area contributed by atoms with Crippen molar-refractivity contribution in [3.8, 4) is 0 Å². The molecule has 0 fully saturated rings. The van der Waals surface area contributed by atoms with E-state index in [1.165, 1.54) is 11.1 Å². The summed E-state index contributed by atoms with van der Waals surface area (Å²) in [7, 11) is 4.20. The van der Waals surface area contributed by atoms with E-state index in [4.69, 9.17) is 0 Å². The lowest BCUT2D eigenvalue weighted by Gasteiger charge is -2.26. The van der Waals surface area contributed by atoms with Gasteiger partial charge in [-0.1, -0.05) is 45.0 Å². The quantitative estimate of drug-likeness (QED) is 0.903. The Morgan fingerprint density at radius 1 is 1.16 bits per heavy atom. The summed E-state index contributed by atoms with van der Waals surface area (Å²) >= 11 is 0. The third-order valence-electron chi connectivity index (χ3n) is 3.57. The zero-order valence-electron chi connectivity index (χ0n) is 12.7. The number of hydrogen-bond acceptors (Lipinski definition) is 3. The van der Waals surface area contributed by atoms with Crippen LogP contribution in [0, 0.1) is 0 Å². The Morgan fingerprint density at radius 3 is 2.21 bits per heavy atom. The average molecular weight is 259 g/mol. The van der Waals surface area contributed by atoms with Gasteiger partial charge in [0.25, 0.3) is 0 Å². The van der Waals surface area contributed by atoms with Gasteiger partial charge in [-0.25, -0.2) is 0 Å². The van der Waals surface area contributed by atoms with Gasteiger partial charge in [0.1, 0.15) is 5.84 Å². The van der Waals surface area contributed by atoms with Crippen LogP contribution < -0.4 is 5.32 Å². The lowest BCUT2D eigenvalue weighted by molar-refractivity contribution is 0.365. The van der Waals surface area contributed by atoms with Crippen LogP contribution >= 0.6 is 0 Å². The molecule has 2 rings (SSSR count). The van der Waals surface area contributed by atoms with Gasteiger partial charge >= 0.3 is 0 Å². The minimum Gasteiger partial charge on any atom is -0.370 e. The molecule has 3 heteroatoms. The van der Waals surface area contributed by atoms with E-state index in [0.717, 1.165) is 18.9 Å². The largest absolute Gasteiger partial charge is 0.370 e. The smallest absolute Gasteiger partial charge is 0.119 e. The summed E-state index contributed by atoms with van der Waals surface area (Å²) < 4.78 is 0. The summed E-state index contributed by atoms with van der Waals surface area (Å²) in [6.07, 6.45) is 0. The van der Waals surface area contributed by atoms with Gasteiger partial charge in [0.05, 0.1) is 12.6 Å². The van der Waals surface area contributed by atoms with Crippen LogP contribution in [0.1, 0.15) is 37.9 Å². The van der Waals surface area contributed by atoms with Crippen molar-refractivity contribution in [2.24, 2.45) is 4.99 Å². The third-order valence-corrected chi connectivity index (χ3v) is 3.57. The molecule has 0 spiro atoms. The zero-order chi connectivity index (χ0) is 14.0. The van der Waals surface area contributed by atoms with Gasteiger partial charge in [0.2, 0.25) is 0 Å². The molecule has 0 amide bonds. The summed E-state index contributed by atoms with van der Waals surface area (Å²) in [5, 5.41) is 3.39. The maximum Gasteiger partial charge on any atom is 0.119 e.